The Balaban J connectivity index is 0. The minimum atomic E-state index is -2.65. The summed E-state index contributed by atoms with van der Waals surface area (Å²) in [5.41, 5.74) is 5.14. The lowest BCUT2D eigenvalue weighted by Crippen LogP contribution is -1.95. The Bertz CT molecular complexity index is 118. The maximum Gasteiger partial charge on any atom is 0.200 e. The van der Waals surface area contributed by atoms with Gasteiger partial charge in [-0.3, -0.25) is 4.57 Å². The van der Waals surface area contributed by atoms with Crippen LogP contribution in [0.4, 0.5) is 0 Å². The zero-order chi connectivity index (χ0) is 10.0. The van der Waals surface area contributed by atoms with Crippen molar-refractivity contribution in [3.05, 3.63) is 0 Å². The van der Waals surface area contributed by atoms with Crippen LogP contribution in [0.5, 0.6) is 0 Å². The molecule has 0 aromatic heterocycles. The summed E-state index contributed by atoms with van der Waals surface area (Å²) in [6.45, 7) is 6.43. The van der Waals surface area contributed by atoms with E-state index in [2.05, 4.69) is 6.92 Å². The van der Waals surface area contributed by atoms with Crippen molar-refractivity contribution < 1.29 is 9.46 Å². The van der Waals surface area contributed by atoms with Gasteiger partial charge in [0.15, 0.2) is 7.37 Å². The average molecular weight is 195 g/mol. The predicted molar refractivity (Wildman–Crippen MR) is 54.9 cm³/mol. The van der Waals surface area contributed by atoms with E-state index < -0.39 is 7.37 Å². The molecule has 3 N–H and O–H groups in total. The molecule has 0 spiro atoms. The third kappa shape index (κ3) is 12.8. The quantitative estimate of drug-likeness (QED) is 0.675. The molecule has 0 aliphatic carbocycles. The lowest BCUT2D eigenvalue weighted by Gasteiger charge is -2.01. The number of nitrogens with two attached hydrogens (primary N) is 1. The molecule has 76 valence electrons. The van der Waals surface area contributed by atoms with Gasteiger partial charge in [0.2, 0.25) is 0 Å². The van der Waals surface area contributed by atoms with Crippen LogP contribution in [0.25, 0.3) is 0 Å². The maximum absolute atomic E-state index is 10.5. The van der Waals surface area contributed by atoms with E-state index in [0.717, 1.165) is 6.54 Å². The Hall–Kier alpha value is 0.150. The summed E-state index contributed by atoms with van der Waals surface area (Å²) in [7, 11) is -2.65. The summed E-state index contributed by atoms with van der Waals surface area (Å²) in [5.74, 6) is 0. The molecule has 0 atom stereocenters. The SMILES string of the molecule is CCCCN.CCP(=O)(O)CC. The predicted octanol–water partition coefficient (Wildman–Crippen LogP) is 2.04. The first-order valence-corrected chi connectivity index (χ1v) is 6.57. The zero-order valence-electron chi connectivity index (χ0n) is 8.42. The minimum Gasteiger partial charge on any atom is -0.344 e. The highest BCUT2D eigenvalue weighted by Crippen LogP contribution is 2.38. The molecule has 0 aliphatic rings. The van der Waals surface area contributed by atoms with Gasteiger partial charge in [-0.25, -0.2) is 0 Å². The van der Waals surface area contributed by atoms with Gasteiger partial charge >= 0.3 is 0 Å². The molecule has 0 bridgehead atoms. The molecule has 3 nitrogen and oxygen atoms in total. The van der Waals surface area contributed by atoms with E-state index in [1.54, 1.807) is 13.8 Å². The minimum absolute atomic E-state index is 0.406. The van der Waals surface area contributed by atoms with E-state index in [0.29, 0.717) is 12.3 Å². The van der Waals surface area contributed by atoms with Crippen molar-refractivity contribution >= 4 is 7.37 Å². The molecule has 12 heavy (non-hydrogen) atoms. The van der Waals surface area contributed by atoms with Crippen molar-refractivity contribution in [1.82, 2.24) is 0 Å². The highest BCUT2D eigenvalue weighted by molar-refractivity contribution is 7.57. The molecule has 4 heteroatoms. The Morgan fingerprint density at radius 3 is 1.67 bits per heavy atom. The van der Waals surface area contributed by atoms with Crippen LogP contribution in [0.2, 0.25) is 0 Å². The maximum atomic E-state index is 10.5. The zero-order valence-corrected chi connectivity index (χ0v) is 9.31. The smallest absolute Gasteiger partial charge is 0.200 e. The highest BCUT2D eigenvalue weighted by Gasteiger charge is 2.08. The summed E-state index contributed by atoms with van der Waals surface area (Å²) in [5, 5.41) is 0. The van der Waals surface area contributed by atoms with Crippen LogP contribution in [-0.4, -0.2) is 23.8 Å². The molecule has 0 fully saturated rings. The normalized spacial score (nSPS) is 10.4. The number of hydrogen-bond acceptors (Lipinski definition) is 2. The second-order valence-corrected chi connectivity index (χ2v) is 5.58. The summed E-state index contributed by atoms with van der Waals surface area (Å²) in [4.78, 5) is 8.69. The number of hydrogen-bond donors (Lipinski definition) is 2. The molecule has 0 aromatic rings. The summed E-state index contributed by atoms with van der Waals surface area (Å²) >= 11 is 0. The Kier molecular flexibility index (Phi) is 11.3. The van der Waals surface area contributed by atoms with E-state index in [-0.39, 0.29) is 0 Å². The molecular formula is C8H22NO2P. The molecule has 0 aliphatic heterocycles. The topological polar surface area (TPSA) is 63.3 Å². The lowest BCUT2D eigenvalue weighted by molar-refractivity contribution is 0.481. The van der Waals surface area contributed by atoms with Crippen molar-refractivity contribution in [2.45, 2.75) is 33.6 Å². The van der Waals surface area contributed by atoms with Gasteiger partial charge in [0.25, 0.3) is 0 Å². The van der Waals surface area contributed by atoms with Crippen LogP contribution in [0, 0.1) is 0 Å². The average Bonchev–Trinajstić information content (AvgIpc) is 2.07. The van der Waals surface area contributed by atoms with Crippen LogP contribution in [0.15, 0.2) is 0 Å². The van der Waals surface area contributed by atoms with Gasteiger partial charge in [-0.2, -0.15) is 0 Å². The van der Waals surface area contributed by atoms with Gasteiger partial charge in [0.05, 0.1) is 0 Å². The summed E-state index contributed by atoms with van der Waals surface area (Å²) in [6.07, 6.45) is 3.20. The fourth-order valence-electron chi connectivity index (χ4n) is 0.428. The first-order chi connectivity index (χ1) is 5.54. The van der Waals surface area contributed by atoms with E-state index in [9.17, 15) is 4.57 Å². The number of unbranched alkanes of at least 4 members (excludes halogenated alkanes) is 1. The molecule has 0 amide bonds. The molecule has 0 unspecified atom stereocenters. The van der Waals surface area contributed by atoms with Crippen LogP contribution >= 0.6 is 7.37 Å². The van der Waals surface area contributed by atoms with Crippen molar-refractivity contribution in [2.24, 2.45) is 5.73 Å². The molecule has 0 rings (SSSR count). The molecule has 0 aromatic carbocycles. The summed E-state index contributed by atoms with van der Waals surface area (Å²) < 4.78 is 10.5. The van der Waals surface area contributed by atoms with Crippen LogP contribution in [0.3, 0.4) is 0 Å². The van der Waals surface area contributed by atoms with Gasteiger partial charge in [-0.15, -0.1) is 0 Å². The standard InChI is InChI=1S/C4H11N.C4H11O2P/c1-2-3-4-5;1-3-7(5,6)4-2/h2-5H2,1H3;3-4H2,1-2H3,(H,5,6). The molecule has 0 radical (unpaired) electrons. The highest BCUT2D eigenvalue weighted by atomic mass is 31.2. The second kappa shape index (κ2) is 9.24. The van der Waals surface area contributed by atoms with E-state index in [1.807, 2.05) is 0 Å². The lowest BCUT2D eigenvalue weighted by atomic mass is 10.3. The molecule has 0 heterocycles. The van der Waals surface area contributed by atoms with E-state index >= 15 is 0 Å². The molecule has 0 saturated heterocycles. The molecular weight excluding hydrogens is 173 g/mol. The van der Waals surface area contributed by atoms with Crippen LogP contribution in [0.1, 0.15) is 33.6 Å². The molecule has 0 saturated carbocycles. The fraction of sp³-hybridized carbons (Fsp3) is 1.00. The van der Waals surface area contributed by atoms with E-state index in [1.165, 1.54) is 12.8 Å². The third-order valence-electron chi connectivity index (χ3n) is 1.55. The van der Waals surface area contributed by atoms with Gasteiger partial charge < -0.3 is 10.6 Å². The Morgan fingerprint density at radius 2 is 1.67 bits per heavy atom. The van der Waals surface area contributed by atoms with Crippen molar-refractivity contribution in [3.8, 4) is 0 Å². The Morgan fingerprint density at radius 1 is 1.25 bits per heavy atom. The fourth-order valence-corrected chi connectivity index (χ4v) is 0.875. The third-order valence-corrected chi connectivity index (χ3v) is 3.52. The first kappa shape index (κ1) is 14.7. The van der Waals surface area contributed by atoms with Crippen molar-refractivity contribution in [2.75, 3.05) is 18.9 Å². The number of rotatable bonds is 4. The second-order valence-electron chi connectivity index (χ2n) is 2.62. The van der Waals surface area contributed by atoms with Gasteiger partial charge in [0.1, 0.15) is 0 Å². The van der Waals surface area contributed by atoms with Gasteiger partial charge in [-0.1, -0.05) is 27.2 Å². The van der Waals surface area contributed by atoms with Crippen LogP contribution < -0.4 is 5.73 Å². The van der Waals surface area contributed by atoms with Gasteiger partial charge in [0, 0.05) is 12.3 Å². The van der Waals surface area contributed by atoms with Crippen molar-refractivity contribution in [1.29, 1.82) is 0 Å². The Labute approximate surface area is 75.8 Å². The van der Waals surface area contributed by atoms with Gasteiger partial charge in [-0.05, 0) is 13.0 Å². The monoisotopic (exact) mass is 195 g/mol. The van der Waals surface area contributed by atoms with Crippen molar-refractivity contribution in [3.63, 3.8) is 0 Å². The van der Waals surface area contributed by atoms with E-state index in [4.69, 9.17) is 10.6 Å². The first-order valence-electron chi connectivity index (χ1n) is 4.54. The summed E-state index contributed by atoms with van der Waals surface area (Å²) in [6, 6.07) is 0. The largest absolute Gasteiger partial charge is 0.344 e. The van der Waals surface area contributed by atoms with Crippen LogP contribution in [-0.2, 0) is 4.57 Å².